The molecule has 2 unspecified atom stereocenters. The minimum atomic E-state index is 0.234. The Morgan fingerprint density at radius 2 is 2.00 bits per heavy atom. The number of carbonyl (C=O) groups is 1. The molecule has 19 heavy (non-hydrogen) atoms. The number of ketones is 1. The summed E-state index contributed by atoms with van der Waals surface area (Å²) in [6.07, 6.45) is 6.68. The summed E-state index contributed by atoms with van der Waals surface area (Å²) in [7, 11) is 0. The largest absolute Gasteiger partial charge is 0.330 e. The number of hydrogen-bond acceptors (Lipinski definition) is 2. The van der Waals surface area contributed by atoms with Crippen LogP contribution in [0.25, 0.3) is 0 Å². The third-order valence-electron chi connectivity index (χ3n) is 4.47. The smallest absolute Gasteiger partial charge is 0.166 e. The van der Waals surface area contributed by atoms with Gasteiger partial charge < -0.3 is 5.73 Å². The number of carbonyl (C=O) groups excluding carboxylic acids is 1. The first kappa shape index (κ1) is 14.3. The lowest BCUT2D eigenvalue weighted by Crippen LogP contribution is -2.27. The first-order valence-electron chi connectivity index (χ1n) is 7.60. The van der Waals surface area contributed by atoms with Crippen molar-refractivity contribution < 1.29 is 4.79 Å². The van der Waals surface area contributed by atoms with Gasteiger partial charge in [-0.05, 0) is 37.3 Å². The standard InChI is InChI=1S/C17H25NO/c1-2-13-7-3-5-9-15(13)17(19)16-10-6-4-8-14(16)11-12-18/h4,6,8,10,13,15H,2-3,5,7,9,11-12,18H2,1H3. The van der Waals surface area contributed by atoms with Gasteiger partial charge in [0.2, 0.25) is 0 Å². The Kier molecular flexibility index (Phi) is 5.15. The van der Waals surface area contributed by atoms with Gasteiger partial charge in [0.25, 0.3) is 0 Å². The number of Topliss-reactive ketones (excluding diaryl/α,β-unsaturated/α-hetero) is 1. The average Bonchev–Trinajstić information content (AvgIpc) is 2.47. The van der Waals surface area contributed by atoms with E-state index < -0.39 is 0 Å². The van der Waals surface area contributed by atoms with E-state index in [2.05, 4.69) is 6.92 Å². The first-order valence-corrected chi connectivity index (χ1v) is 7.60. The van der Waals surface area contributed by atoms with Gasteiger partial charge in [-0.3, -0.25) is 4.79 Å². The molecule has 2 rings (SSSR count). The summed E-state index contributed by atoms with van der Waals surface area (Å²) in [5, 5.41) is 0. The molecular weight excluding hydrogens is 234 g/mol. The Balaban J connectivity index is 2.22. The molecule has 2 N–H and O–H groups in total. The van der Waals surface area contributed by atoms with Gasteiger partial charge >= 0.3 is 0 Å². The van der Waals surface area contributed by atoms with Crippen molar-refractivity contribution in [2.45, 2.75) is 45.4 Å². The van der Waals surface area contributed by atoms with Gasteiger partial charge in [0, 0.05) is 11.5 Å². The second-order valence-corrected chi connectivity index (χ2v) is 5.62. The summed E-state index contributed by atoms with van der Waals surface area (Å²) in [6, 6.07) is 8.00. The second kappa shape index (κ2) is 6.85. The first-order chi connectivity index (χ1) is 9.27. The van der Waals surface area contributed by atoms with Crippen LogP contribution in [-0.4, -0.2) is 12.3 Å². The molecule has 0 aromatic heterocycles. The van der Waals surface area contributed by atoms with Crippen molar-refractivity contribution in [3.63, 3.8) is 0 Å². The number of hydrogen-bond donors (Lipinski definition) is 1. The predicted molar refractivity (Wildman–Crippen MR) is 79.3 cm³/mol. The molecule has 0 aliphatic heterocycles. The van der Waals surface area contributed by atoms with E-state index in [0.29, 0.717) is 18.2 Å². The zero-order valence-electron chi connectivity index (χ0n) is 11.9. The summed E-state index contributed by atoms with van der Waals surface area (Å²) in [6.45, 7) is 2.81. The zero-order chi connectivity index (χ0) is 13.7. The van der Waals surface area contributed by atoms with E-state index in [1.54, 1.807) is 0 Å². The summed E-state index contributed by atoms with van der Waals surface area (Å²) in [5.41, 5.74) is 7.69. The zero-order valence-corrected chi connectivity index (χ0v) is 11.9. The predicted octanol–water partition coefficient (Wildman–Crippen LogP) is 3.59. The highest BCUT2D eigenvalue weighted by atomic mass is 16.1. The Labute approximate surface area is 116 Å². The topological polar surface area (TPSA) is 43.1 Å². The SMILES string of the molecule is CCC1CCCCC1C(=O)c1ccccc1CCN. The van der Waals surface area contributed by atoms with E-state index in [4.69, 9.17) is 5.73 Å². The van der Waals surface area contributed by atoms with Crippen LogP contribution in [0.3, 0.4) is 0 Å². The average molecular weight is 259 g/mol. The lowest BCUT2D eigenvalue weighted by atomic mass is 9.73. The molecule has 0 radical (unpaired) electrons. The third kappa shape index (κ3) is 3.24. The fourth-order valence-electron chi connectivity index (χ4n) is 3.38. The molecule has 1 aliphatic rings. The van der Waals surface area contributed by atoms with Gasteiger partial charge in [-0.1, -0.05) is 50.5 Å². The summed E-state index contributed by atoms with van der Waals surface area (Å²) >= 11 is 0. The van der Waals surface area contributed by atoms with E-state index >= 15 is 0 Å². The van der Waals surface area contributed by atoms with Crippen molar-refractivity contribution in [3.05, 3.63) is 35.4 Å². The molecule has 1 aromatic carbocycles. The highest BCUT2D eigenvalue weighted by molar-refractivity contribution is 5.99. The Hall–Kier alpha value is -1.15. The number of rotatable bonds is 5. The normalized spacial score (nSPS) is 23.3. The fourth-order valence-corrected chi connectivity index (χ4v) is 3.38. The van der Waals surface area contributed by atoms with Gasteiger partial charge in [0.05, 0.1) is 0 Å². The highest BCUT2D eigenvalue weighted by Gasteiger charge is 2.30. The van der Waals surface area contributed by atoms with Crippen molar-refractivity contribution in [1.29, 1.82) is 0 Å². The van der Waals surface area contributed by atoms with Crippen LogP contribution in [0.5, 0.6) is 0 Å². The fraction of sp³-hybridized carbons (Fsp3) is 0.588. The van der Waals surface area contributed by atoms with Crippen LogP contribution in [0, 0.1) is 11.8 Å². The van der Waals surface area contributed by atoms with Gasteiger partial charge in [-0.2, -0.15) is 0 Å². The van der Waals surface area contributed by atoms with Gasteiger partial charge in [0.15, 0.2) is 5.78 Å². The molecule has 0 heterocycles. The van der Waals surface area contributed by atoms with Crippen LogP contribution in [0.15, 0.2) is 24.3 Å². The van der Waals surface area contributed by atoms with E-state index in [1.807, 2.05) is 24.3 Å². The molecule has 1 fully saturated rings. The van der Waals surface area contributed by atoms with E-state index in [0.717, 1.165) is 30.4 Å². The molecule has 1 saturated carbocycles. The maximum absolute atomic E-state index is 12.8. The molecule has 1 aromatic rings. The van der Waals surface area contributed by atoms with Crippen molar-refractivity contribution >= 4 is 5.78 Å². The van der Waals surface area contributed by atoms with E-state index in [9.17, 15) is 4.79 Å². The third-order valence-corrected chi connectivity index (χ3v) is 4.47. The number of nitrogens with two attached hydrogens (primary N) is 1. The van der Waals surface area contributed by atoms with Crippen molar-refractivity contribution in [2.75, 3.05) is 6.54 Å². The second-order valence-electron chi connectivity index (χ2n) is 5.62. The molecule has 0 amide bonds. The Morgan fingerprint density at radius 1 is 1.26 bits per heavy atom. The summed E-state index contributed by atoms with van der Waals surface area (Å²) < 4.78 is 0. The Morgan fingerprint density at radius 3 is 2.74 bits per heavy atom. The lowest BCUT2D eigenvalue weighted by molar-refractivity contribution is 0.0819. The van der Waals surface area contributed by atoms with Crippen LogP contribution in [0.1, 0.15) is 54.9 Å². The van der Waals surface area contributed by atoms with Crippen LogP contribution in [-0.2, 0) is 6.42 Å². The maximum Gasteiger partial charge on any atom is 0.166 e. The minimum absolute atomic E-state index is 0.234. The lowest BCUT2D eigenvalue weighted by Gasteiger charge is -2.30. The van der Waals surface area contributed by atoms with Crippen LogP contribution >= 0.6 is 0 Å². The van der Waals surface area contributed by atoms with Crippen LogP contribution in [0.2, 0.25) is 0 Å². The molecule has 0 bridgehead atoms. The quantitative estimate of drug-likeness (QED) is 0.821. The van der Waals surface area contributed by atoms with Crippen LogP contribution in [0.4, 0.5) is 0 Å². The summed E-state index contributed by atoms with van der Waals surface area (Å²) in [5.74, 6) is 1.17. The molecule has 2 atom stereocenters. The molecule has 1 aliphatic carbocycles. The number of benzene rings is 1. The monoisotopic (exact) mass is 259 g/mol. The maximum atomic E-state index is 12.8. The van der Waals surface area contributed by atoms with Gasteiger partial charge in [-0.25, -0.2) is 0 Å². The highest BCUT2D eigenvalue weighted by Crippen LogP contribution is 2.35. The Bertz CT molecular complexity index is 427. The van der Waals surface area contributed by atoms with E-state index in [-0.39, 0.29) is 5.92 Å². The molecule has 2 heteroatoms. The van der Waals surface area contributed by atoms with Crippen molar-refractivity contribution in [2.24, 2.45) is 17.6 Å². The van der Waals surface area contributed by atoms with Gasteiger partial charge in [-0.15, -0.1) is 0 Å². The molecule has 0 spiro atoms. The molecule has 0 saturated heterocycles. The molecular formula is C17H25NO. The molecule has 2 nitrogen and oxygen atoms in total. The van der Waals surface area contributed by atoms with Crippen LogP contribution < -0.4 is 5.73 Å². The van der Waals surface area contributed by atoms with Gasteiger partial charge in [0.1, 0.15) is 0 Å². The van der Waals surface area contributed by atoms with Crippen molar-refractivity contribution in [3.8, 4) is 0 Å². The minimum Gasteiger partial charge on any atom is -0.330 e. The summed E-state index contributed by atoms with van der Waals surface area (Å²) in [4.78, 5) is 12.8. The van der Waals surface area contributed by atoms with E-state index in [1.165, 1.54) is 19.3 Å². The molecule has 104 valence electrons. The van der Waals surface area contributed by atoms with Crippen molar-refractivity contribution in [1.82, 2.24) is 0 Å².